The molecule has 0 aromatic heterocycles. The van der Waals surface area contributed by atoms with E-state index in [0.29, 0.717) is 12.0 Å². The maximum atomic E-state index is 13.6. The van der Waals surface area contributed by atoms with Crippen LogP contribution in [0.2, 0.25) is 0 Å². The first kappa shape index (κ1) is 14.8. The Morgan fingerprint density at radius 1 is 1.32 bits per heavy atom. The van der Waals surface area contributed by atoms with Crippen molar-refractivity contribution in [2.75, 3.05) is 12.8 Å². The molecule has 1 aliphatic carbocycles. The van der Waals surface area contributed by atoms with Crippen LogP contribution in [0.4, 0.5) is 8.78 Å². The Morgan fingerprint density at radius 2 is 2.05 bits per heavy atom. The van der Waals surface area contributed by atoms with Crippen LogP contribution in [-0.2, 0) is 6.42 Å². The van der Waals surface area contributed by atoms with Gasteiger partial charge in [0.2, 0.25) is 0 Å². The molecule has 1 fully saturated rings. The molecule has 0 aliphatic heterocycles. The number of halogens is 2. The van der Waals surface area contributed by atoms with Crippen molar-refractivity contribution in [3.05, 3.63) is 35.4 Å². The third-order valence-corrected chi connectivity index (χ3v) is 5.26. The minimum absolute atomic E-state index is 0.196. The van der Waals surface area contributed by atoms with Gasteiger partial charge >= 0.3 is 0 Å². The summed E-state index contributed by atoms with van der Waals surface area (Å²) in [6.07, 6.45) is 5.81. The van der Waals surface area contributed by atoms with Crippen LogP contribution in [0, 0.1) is 11.6 Å². The van der Waals surface area contributed by atoms with Gasteiger partial charge in [-0.2, -0.15) is 11.8 Å². The Morgan fingerprint density at radius 3 is 2.74 bits per heavy atom. The molecule has 4 heteroatoms. The van der Waals surface area contributed by atoms with Gasteiger partial charge in [-0.25, -0.2) is 8.78 Å². The molecule has 106 valence electrons. The van der Waals surface area contributed by atoms with Crippen molar-refractivity contribution in [2.24, 2.45) is 0 Å². The zero-order chi connectivity index (χ0) is 13.7. The number of benzene rings is 1. The highest BCUT2D eigenvalue weighted by Crippen LogP contribution is 2.30. The molecule has 0 amide bonds. The molecule has 1 atom stereocenters. The first-order valence-electron chi connectivity index (χ1n) is 6.92. The van der Waals surface area contributed by atoms with E-state index in [-0.39, 0.29) is 17.7 Å². The van der Waals surface area contributed by atoms with E-state index in [2.05, 4.69) is 5.32 Å². The number of hydrogen-bond acceptors (Lipinski definition) is 2. The lowest BCUT2D eigenvalue weighted by Gasteiger charge is -2.18. The van der Waals surface area contributed by atoms with Gasteiger partial charge in [0.05, 0.1) is 0 Å². The van der Waals surface area contributed by atoms with Crippen LogP contribution in [0.15, 0.2) is 18.2 Å². The average Bonchev–Trinajstić information content (AvgIpc) is 2.91. The molecule has 0 saturated heterocycles. The topological polar surface area (TPSA) is 12.0 Å². The summed E-state index contributed by atoms with van der Waals surface area (Å²) in [5.74, 6) is 0.277. The summed E-state index contributed by atoms with van der Waals surface area (Å²) in [6, 6.07) is 3.88. The number of nitrogens with one attached hydrogen (secondary N) is 1. The molecule has 0 radical (unpaired) electrons. The van der Waals surface area contributed by atoms with Crippen LogP contribution >= 0.6 is 11.8 Å². The van der Waals surface area contributed by atoms with Crippen LogP contribution in [0.25, 0.3) is 0 Å². The summed E-state index contributed by atoms with van der Waals surface area (Å²) in [7, 11) is 1.89. The van der Waals surface area contributed by atoms with Crippen LogP contribution in [0.3, 0.4) is 0 Å². The second-order valence-electron chi connectivity index (χ2n) is 5.17. The average molecular weight is 285 g/mol. The monoisotopic (exact) mass is 285 g/mol. The summed E-state index contributed by atoms with van der Waals surface area (Å²) in [4.78, 5) is 0. The smallest absolute Gasteiger partial charge is 0.126 e. The highest BCUT2D eigenvalue weighted by Gasteiger charge is 2.18. The van der Waals surface area contributed by atoms with Crippen molar-refractivity contribution in [1.82, 2.24) is 5.32 Å². The SMILES string of the molecule is CNC(CSC1CCCC1)Cc1cc(F)ccc1F. The van der Waals surface area contributed by atoms with Crippen molar-refractivity contribution in [1.29, 1.82) is 0 Å². The molecule has 1 nitrogen and oxygen atoms in total. The zero-order valence-electron chi connectivity index (χ0n) is 11.3. The van der Waals surface area contributed by atoms with Gasteiger partial charge in [-0.15, -0.1) is 0 Å². The number of rotatable bonds is 6. The minimum atomic E-state index is -0.366. The van der Waals surface area contributed by atoms with E-state index >= 15 is 0 Å². The van der Waals surface area contributed by atoms with Crippen molar-refractivity contribution in [2.45, 2.75) is 43.4 Å². The van der Waals surface area contributed by atoms with E-state index in [9.17, 15) is 8.78 Å². The summed E-state index contributed by atoms with van der Waals surface area (Å²) in [6.45, 7) is 0. The number of likely N-dealkylation sites (N-methyl/N-ethyl adjacent to an activating group) is 1. The molecule has 0 heterocycles. The molecule has 1 aromatic carbocycles. The lowest BCUT2D eigenvalue weighted by atomic mass is 10.1. The first-order valence-corrected chi connectivity index (χ1v) is 7.96. The fraction of sp³-hybridized carbons (Fsp3) is 0.600. The molecule has 1 aliphatic rings. The van der Waals surface area contributed by atoms with Gasteiger partial charge in [0.25, 0.3) is 0 Å². The molecule has 1 aromatic rings. The Hall–Kier alpha value is -0.610. The molecule has 0 spiro atoms. The van der Waals surface area contributed by atoms with E-state index in [0.717, 1.165) is 11.0 Å². The fourth-order valence-corrected chi connectivity index (χ4v) is 3.97. The number of hydrogen-bond donors (Lipinski definition) is 1. The highest BCUT2D eigenvalue weighted by atomic mass is 32.2. The van der Waals surface area contributed by atoms with Gasteiger partial charge < -0.3 is 5.32 Å². The predicted octanol–water partition coefficient (Wildman–Crippen LogP) is 3.77. The summed E-state index contributed by atoms with van der Waals surface area (Å²) in [5.41, 5.74) is 0.464. The molecule has 2 rings (SSSR count). The summed E-state index contributed by atoms with van der Waals surface area (Å²) < 4.78 is 26.7. The number of thioether (sulfide) groups is 1. The largest absolute Gasteiger partial charge is 0.316 e. The summed E-state index contributed by atoms with van der Waals surface area (Å²) >= 11 is 1.97. The second-order valence-corrected chi connectivity index (χ2v) is 6.50. The van der Waals surface area contributed by atoms with Gasteiger partial charge in [-0.3, -0.25) is 0 Å². The lowest BCUT2D eigenvalue weighted by molar-refractivity contribution is 0.555. The maximum Gasteiger partial charge on any atom is 0.126 e. The van der Waals surface area contributed by atoms with Gasteiger partial charge in [0, 0.05) is 17.0 Å². The van der Waals surface area contributed by atoms with Crippen LogP contribution < -0.4 is 5.32 Å². The molecule has 0 bridgehead atoms. The molecule has 19 heavy (non-hydrogen) atoms. The van der Waals surface area contributed by atoms with Crippen molar-refractivity contribution < 1.29 is 8.78 Å². The molecule has 1 saturated carbocycles. The fourth-order valence-electron chi connectivity index (χ4n) is 2.52. The van der Waals surface area contributed by atoms with Gasteiger partial charge in [-0.05, 0) is 50.1 Å². The Kier molecular flexibility index (Phi) is 5.64. The van der Waals surface area contributed by atoms with Crippen LogP contribution in [0.5, 0.6) is 0 Å². The molecular weight excluding hydrogens is 264 g/mol. The minimum Gasteiger partial charge on any atom is -0.316 e. The Balaban J connectivity index is 1.88. The van der Waals surface area contributed by atoms with Gasteiger partial charge in [0.1, 0.15) is 11.6 Å². The highest BCUT2D eigenvalue weighted by molar-refractivity contribution is 7.99. The predicted molar refractivity (Wildman–Crippen MR) is 77.6 cm³/mol. The van der Waals surface area contributed by atoms with Crippen LogP contribution in [0.1, 0.15) is 31.2 Å². The normalized spacial score (nSPS) is 17.8. The van der Waals surface area contributed by atoms with Gasteiger partial charge in [-0.1, -0.05) is 12.8 Å². The van der Waals surface area contributed by atoms with Crippen molar-refractivity contribution in [3.63, 3.8) is 0 Å². The summed E-state index contributed by atoms with van der Waals surface area (Å²) in [5, 5.41) is 3.97. The quantitative estimate of drug-likeness (QED) is 0.854. The lowest BCUT2D eigenvalue weighted by Crippen LogP contribution is -2.31. The standard InChI is InChI=1S/C15H21F2NS/c1-18-13(10-19-14-4-2-3-5-14)9-11-8-12(16)6-7-15(11)17/h6-8,13-14,18H,2-5,9-10H2,1H3. The maximum absolute atomic E-state index is 13.6. The Bertz CT molecular complexity index is 405. The van der Waals surface area contributed by atoms with E-state index in [1.807, 2.05) is 18.8 Å². The van der Waals surface area contributed by atoms with E-state index in [1.165, 1.54) is 43.9 Å². The molecular formula is C15H21F2NS. The first-order chi connectivity index (χ1) is 9.19. The molecule has 1 unspecified atom stereocenters. The van der Waals surface area contributed by atoms with Crippen molar-refractivity contribution in [3.8, 4) is 0 Å². The Labute approximate surface area is 118 Å². The van der Waals surface area contributed by atoms with Crippen LogP contribution in [-0.4, -0.2) is 24.1 Å². The van der Waals surface area contributed by atoms with E-state index in [4.69, 9.17) is 0 Å². The third kappa shape index (κ3) is 4.46. The second kappa shape index (κ2) is 7.25. The van der Waals surface area contributed by atoms with Crippen molar-refractivity contribution >= 4 is 11.8 Å². The van der Waals surface area contributed by atoms with E-state index < -0.39 is 0 Å². The zero-order valence-corrected chi connectivity index (χ0v) is 12.1. The van der Waals surface area contributed by atoms with Gasteiger partial charge in [0.15, 0.2) is 0 Å². The third-order valence-electron chi connectivity index (χ3n) is 3.72. The van der Waals surface area contributed by atoms with E-state index in [1.54, 1.807) is 0 Å². The molecule has 1 N–H and O–H groups in total.